The molecule has 7 nitrogen and oxygen atoms in total. The Morgan fingerprint density at radius 2 is 2.26 bits per heavy atom. The monoisotopic (exact) mass is 260 g/mol. The number of ether oxygens (including phenoxy) is 1. The quantitative estimate of drug-likeness (QED) is 0.563. The average molecular weight is 260 g/mol. The number of aromatic nitrogens is 3. The highest BCUT2D eigenvalue weighted by Crippen LogP contribution is 2.17. The number of methoxy groups -OCH3 is 1. The lowest BCUT2D eigenvalue weighted by Crippen LogP contribution is -2.23. The minimum Gasteiger partial charge on any atom is -0.496 e. The highest BCUT2D eigenvalue weighted by Gasteiger charge is 2.03. The van der Waals surface area contributed by atoms with Crippen LogP contribution in [0.15, 0.2) is 29.3 Å². The number of aryl methyl sites for hydroxylation is 1. The van der Waals surface area contributed by atoms with E-state index in [-0.39, 0.29) is 5.96 Å². The van der Waals surface area contributed by atoms with E-state index in [9.17, 15) is 0 Å². The van der Waals surface area contributed by atoms with E-state index in [1.54, 1.807) is 14.0 Å². The highest BCUT2D eigenvalue weighted by molar-refractivity contribution is 5.90. The molecular weight excluding hydrogens is 244 g/mol. The first-order chi connectivity index (χ1) is 9.19. The van der Waals surface area contributed by atoms with Crippen LogP contribution in [0.25, 0.3) is 0 Å². The predicted molar refractivity (Wildman–Crippen MR) is 73.1 cm³/mol. The van der Waals surface area contributed by atoms with Gasteiger partial charge in [-0.05, 0) is 13.0 Å². The van der Waals surface area contributed by atoms with E-state index in [0.29, 0.717) is 18.3 Å². The molecule has 0 atom stereocenters. The van der Waals surface area contributed by atoms with Gasteiger partial charge in [-0.3, -0.25) is 10.4 Å². The fraction of sp³-hybridized carbons (Fsp3) is 0.250. The molecule has 0 fully saturated rings. The second-order valence-corrected chi connectivity index (χ2v) is 3.88. The van der Waals surface area contributed by atoms with Gasteiger partial charge in [0.05, 0.1) is 13.7 Å². The molecule has 100 valence electrons. The summed E-state index contributed by atoms with van der Waals surface area (Å²) in [5, 5.41) is 9.43. The number of guanidine groups is 1. The molecule has 0 spiro atoms. The average Bonchev–Trinajstić information content (AvgIpc) is 2.82. The van der Waals surface area contributed by atoms with Crippen LogP contribution in [0.2, 0.25) is 0 Å². The number of rotatable bonds is 4. The smallest absolute Gasteiger partial charge is 0.248 e. The number of hydrogen-bond donors (Lipinski definition) is 3. The van der Waals surface area contributed by atoms with Crippen molar-refractivity contribution in [1.29, 1.82) is 0 Å². The standard InChI is InChI=1S/C12H16N6O/c1-8-15-12(18-17-8)16-11(13)14-7-9-5-3-4-6-10(9)19-2/h3-6H,7H2,1-2H3,(H4,13,14,15,16,17,18). The molecule has 0 aliphatic carbocycles. The van der Waals surface area contributed by atoms with E-state index >= 15 is 0 Å². The normalized spacial score (nSPS) is 11.4. The minimum absolute atomic E-state index is 0.255. The Kier molecular flexibility index (Phi) is 3.97. The van der Waals surface area contributed by atoms with Crippen molar-refractivity contribution in [3.05, 3.63) is 35.7 Å². The zero-order chi connectivity index (χ0) is 13.7. The molecular formula is C12H16N6O. The predicted octanol–water partition coefficient (Wildman–Crippen LogP) is 1.05. The number of aromatic amines is 1. The number of hydrogen-bond acceptors (Lipinski definition) is 4. The van der Waals surface area contributed by atoms with Crippen LogP contribution in [0.1, 0.15) is 11.4 Å². The first-order valence-electron chi connectivity index (χ1n) is 5.77. The van der Waals surface area contributed by atoms with Gasteiger partial charge < -0.3 is 10.5 Å². The molecule has 4 N–H and O–H groups in total. The van der Waals surface area contributed by atoms with Gasteiger partial charge in [-0.1, -0.05) is 18.2 Å². The maximum Gasteiger partial charge on any atom is 0.248 e. The van der Waals surface area contributed by atoms with Gasteiger partial charge in [-0.2, -0.15) is 4.98 Å². The Bertz CT molecular complexity index is 577. The molecule has 2 aromatic rings. The second-order valence-electron chi connectivity index (χ2n) is 3.88. The molecule has 19 heavy (non-hydrogen) atoms. The van der Waals surface area contributed by atoms with E-state index < -0.39 is 0 Å². The number of nitrogens with one attached hydrogen (secondary N) is 2. The summed E-state index contributed by atoms with van der Waals surface area (Å²) in [6, 6.07) is 7.65. The van der Waals surface area contributed by atoms with Crippen LogP contribution in [0.3, 0.4) is 0 Å². The van der Waals surface area contributed by atoms with Crippen molar-refractivity contribution >= 4 is 11.9 Å². The van der Waals surface area contributed by atoms with Crippen molar-refractivity contribution < 1.29 is 4.74 Å². The Balaban J connectivity index is 2.01. The SMILES string of the molecule is COc1ccccc1CN=C(N)Nc1n[nH]c(C)n1. The molecule has 0 unspecified atom stereocenters. The van der Waals surface area contributed by atoms with E-state index in [1.807, 2.05) is 24.3 Å². The van der Waals surface area contributed by atoms with Crippen LogP contribution in [-0.4, -0.2) is 28.3 Å². The summed E-state index contributed by atoms with van der Waals surface area (Å²) >= 11 is 0. The van der Waals surface area contributed by atoms with Gasteiger partial charge in [0, 0.05) is 5.56 Å². The summed E-state index contributed by atoms with van der Waals surface area (Å²) in [6.07, 6.45) is 0. The van der Waals surface area contributed by atoms with Gasteiger partial charge in [-0.15, -0.1) is 5.10 Å². The van der Waals surface area contributed by atoms with Crippen molar-refractivity contribution in [1.82, 2.24) is 15.2 Å². The summed E-state index contributed by atoms with van der Waals surface area (Å²) in [4.78, 5) is 8.29. The third kappa shape index (κ3) is 3.44. The number of nitrogens with zero attached hydrogens (tertiary/aromatic N) is 3. The molecule has 0 aliphatic heterocycles. The van der Waals surface area contributed by atoms with E-state index in [4.69, 9.17) is 10.5 Å². The van der Waals surface area contributed by atoms with Crippen molar-refractivity contribution in [2.45, 2.75) is 13.5 Å². The lowest BCUT2D eigenvalue weighted by Gasteiger charge is -2.06. The first-order valence-corrected chi connectivity index (χ1v) is 5.77. The lowest BCUT2D eigenvalue weighted by atomic mass is 10.2. The Labute approximate surface area is 110 Å². The number of nitrogens with two attached hydrogens (primary N) is 1. The molecule has 0 radical (unpaired) electrons. The van der Waals surface area contributed by atoms with Crippen molar-refractivity contribution in [2.75, 3.05) is 12.4 Å². The van der Waals surface area contributed by atoms with Crippen LogP contribution in [0.5, 0.6) is 5.75 Å². The van der Waals surface area contributed by atoms with Gasteiger partial charge in [0.2, 0.25) is 5.95 Å². The zero-order valence-electron chi connectivity index (χ0n) is 10.8. The van der Waals surface area contributed by atoms with Crippen LogP contribution >= 0.6 is 0 Å². The largest absolute Gasteiger partial charge is 0.496 e. The molecule has 2 rings (SSSR count). The lowest BCUT2D eigenvalue weighted by molar-refractivity contribution is 0.410. The molecule has 7 heteroatoms. The number of para-hydroxylation sites is 1. The Morgan fingerprint density at radius 1 is 1.47 bits per heavy atom. The Morgan fingerprint density at radius 3 is 2.95 bits per heavy atom. The topological polar surface area (TPSA) is 101 Å². The summed E-state index contributed by atoms with van der Waals surface area (Å²) in [7, 11) is 1.63. The molecule has 0 saturated carbocycles. The zero-order valence-corrected chi connectivity index (χ0v) is 10.8. The fourth-order valence-corrected chi connectivity index (χ4v) is 1.56. The van der Waals surface area contributed by atoms with Gasteiger partial charge in [0.1, 0.15) is 11.6 Å². The van der Waals surface area contributed by atoms with Crippen LogP contribution < -0.4 is 15.8 Å². The second kappa shape index (κ2) is 5.85. The van der Waals surface area contributed by atoms with Gasteiger partial charge in [-0.25, -0.2) is 4.99 Å². The first kappa shape index (κ1) is 12.9. The Hall–Kier alpha value is -2.57. The van der Waals surface area contributed by atoms with Gasteiger partial charge in [0.15, 0.2) is 5.96 Å². The van der Waals surface area contributed by atoms with Gasteiger partial charge >= 0.3 is 0 Å². The van der Waals surface area contributed by atoms with Crippen molar-refractivity contribution in [2.24, 2.45) is 10.7 Å². The third-order valence-corrected chi connectivity index (χ3v) is 2.45. The summed E-state index contributed by atoms with van der Waals surface area (Å²) in [6.45, 7) is 2.23. The van der Waals surface area contributed by atoms with Crippen LogP contribution in [0.4, 0.5) is 5.95 Å². The molecule has 0 saturated heterocycles. The molecule has 0 amide bonds. The number of benzene rings is 1. The van der Waals surface area contributed by atoms with Crippen LogP contribution in [-0.2, 0) is 6.54 Å². The molecule has 0 aliphatic rings. The summed E-state index contributed by atoms with van der Waals surface area (Å²) < 4.78 is 5.24. The summed E-state index contributed by atoms with van der Waals surface area (Å²) in [5.41, 5.74) is 6.72. The van der Waals surface area contributed by atoms with Crippen molar-refractivity contribution in [3.63, 3.8) is 0 Å². The van der Waals surface area contributed by atoms with E-state index in [1.165, 1.54) is 0 Å². The third-order valence-electron chi connectivity index (χ3n) is 2.45. The van der Waals surface area contributed by atoms with E-state index in [2.05, 4.69) is 25.5 Å². The highest BCUT2D eigenvalue weighted by atomic mass is 16.5. The summed E-state index contributed by atoms with van der Waals surface area (Å²) in [5.74, 6) is 2.15. The number of anilines is 1. The maximum atomic E-state index is 5.76. The van der Waals surface area contributed by atoms with Crippen LogP contribution in [0, 0.1) is 6.92 Å². The maximum absolute atomic E-state index is 5.76. The fourth-order valence-electron chi connectivity index (χ4n) is 1.56. The number of aliphatic imine (C=N–C) groups is 1. The number of H-pyrrole nitrogens is 1. The minimum atomic E-state index is 0.255. The van der Waals surface area contributed by atoms with Crippen molar-refractivity contribution in [3.8, 4) is 5.75 Å². The molecule has 1 aromatic carbocycles. The molecule has 1 aromatic heterocycles. The van der Waals surface area contributed by atoms with E-state index in [0.717, 1.165) is 11.3 Å². The molecule has 1 heterocycles. The van der Waals surface area contributed by atoms with Gasteiger partial charge in [0.25, 0.3) is 0 Å². The molecule has 0 bridgehead atoms.